The van der Waals surface area contributed by atoms with E-state index in [1.54, 1.807) is 18.3 Å². The van der Waals surface area contributed by atoms with Gasteiger partial charge in [-0.2, -0.15) is 0 Å². The number of benzene rings is 2. The number of hydrogen-bond acceptors (Lipinski definition) is 4. The van der Waals surface area contributed by atoms with Crippen molar-refractivity contribution in [2.75, 3.05) is 10.8 Å². The highest BCUT2D eigenvalue weighted by Gasteiger charge is 2.36. The Morgan fingerprint density at radius 1 is 1.10 bits per heavy atom. The molecule has 154 valence electrons. The van der Waals surface area contributed by atoms with Gasteiger partial charge in [0, 0.05) is 36.5 Å². The molecule has 1 aliphatic heterocycles. The number of fused-ring (bicyclic) bond motifs is 1. The smallest absolute Gasteiger partial charge is 0.264 e. The van der Waals surface area contributed by atoms with Gasteiger partial charge in [0.25, 0.3) is 15.9 Å². The third-order valence-corrected chi connectivity index (χ3v) is 7.11. The molecule has 7 heteroatoms. The molecule has 0 bridgehead atoms. The van der Waals surface area contributed by atoms with Gasteiger partial charge in [0.1, 0.15) is 0 Å². The molecule has 1 atom stereocenters. The number of anilines is 1. The Morgan fingerprint density at radius 3 is 2.70 bits per heavy atom. The van der Waals surface area contributed by atoms with E-state index in [0.29, 0.717) is 30.6 Å². The molecule has 0 aliphatic carbocycles. The highest BCUT2D eigenvalue weighted by Crippen LogP contribution is 2.36. The van der Waals surface area contributed by atoms with Crippen LogP contribution in [-0.2, 0) is 22.9 Å². The second-order valence-corrected chi connectivity index (χ2v) is 9.15. The standard InChI is InChI=1S/C23H23N3O3S/c1-17-15-18-7-2-3-11-22(18)26(17)30(28,29)21-10-6-8-19(16-21)23(27)25-14-12-20-9-4-5-13-24-20/h2-11,13,16-17H,12,14-15H2,1H3,(H,25,27)/t17-/m1/s1. The van der Waals surface area contributed by atoms with E-state index in [-0.39, 0.29) is 16.8 Å². The number of para-hydroxylation sites is 1. The van der Waals surface area contributed by atoms with Crippen molar-refractivity contribution in [3.05, 3.63) is 89.7 Å². The maximum atomic E-state index is 13.4. The fourth-order valence-corrected chi connectivity index (χ4v) is 5.51. The van der Waals surface area contributed by atoms with Gasteiger partial charge < -0.3 is 5.32 Å². The number of pyridine rings is 1. The largest absolute Gasteiger partial charge is 0.352 e. The Bertz CT molecular complexity index is 1160. The fraction of sp³-hybridized carbons (Fsp3) is 0.217. The Kier molecular flexibility index (Phi) is 5.55. The second-order valence-electron chi connectivity index (χ2n) is 7.34. The minimum Gasteiger partial charge on any atom is -0.352 e. The van der Waals surface area contributed by atoms with Gasteiger partial charge in [0.2, 0.25) is 0 Å². The molecule has 0 saturated carbocycles. The summed E-state index contributed by atoms with van der Waals surface area (Å²) in [5.74, 6) is -0.308. The first-order valence-corrected chi connectivity index (χ1v) is 11.3. The zero-order chi connectivity index (χ0) is 21.1. The van der Waals surface area contributed by atoms with E-state index in [9.17, 15) is 13.2 Å². The summed E-state index contributed by atoms with van der Waals surface area (Å²) in [5.41, 5.74) is 2.92. The first-order valence-electron chi connectivity index (χ1n) is 9.87. The third kappa shape index (κ3) is 3.93. The van der Waals surface area contributed by atoms with E-state index in [1.807, 2.05) is 49.4 Å². The van der Waals surface area contributed by atoms with Crippen molar-refractivity contribution in [3.8, 4) is 0 Å². The molecule has 0 saturated heterocycles. The summed E-state index contributed by atoms with van der Waals surface area (Å²) in [6, 6.07) is 19.2. The number of rotatable bonds is 6. The van der Waals surface area contributed by atoms with E-state index in [0.717, 1.165) is 11.3 Å². The van der Waals surface area contributed by atoms with Crippen molar-refractivity contribution >= 4 is 21.6 Å². The van der Waals surface area contributed by atoms with E-state index in [2.05, 4.69) is 10.3 Å². The average molecular weight is 422 g/mol. The lowest BCUT2D eigenvalue weighted by molar-refractivity contribution is 0.0954. The quantitative estimate of drug-likeness (QED) is 0.663. The number of nitrogens with one attached hydrogen (secondary N) is 1. The molecular weight excluding hydrogens is 398 g/mol. The summed E-state index contributed by atoms with van der Waals surface area (Å²) in [5, 5.41) is 2.83. The maximum absolute atomic E-state index is 13.4. The van der Waals surface area contributed by atoms with Crippen LogP contribution < -0.4 is 9.62 Å². The fourth-order valence-electron chi connectivity index (χ4n) is 3.77. The second kappa shape index (κ2) is 8.28. The van der Waals surface area contributed by atoms with E-state index in [4.69, 9.17) is 0 Å². The van der Waals surface area contributed by atoms with Crippen LogP contribution >= 0.6 is 0 Å². The lowest BCUT2D eigenvalue weighted by Crippen LogP contribution is -2.36. The van der Waals surface area contributed by atoms with Gasteiger partial charge in [-0.15, -0.1) is 0 Å². The highest BCUT2D eigenvalue weighted by molar-refractivity contribution is 7.92. The maximum Gasteiger partial charge on any atom is 0.264 e. The molecule has 1 aromatic heterocycles. The van der Waals surface area contributed by atoms with Gasteiger partial charge in [-0.05, 0) is 55.3 Å². The molecule has 30 heavy (non-hydrogen) atoms. The van der Waals surface area contributed by atoms with Crippen LogP contribution in [0.3, 0.4) is 0 Å². The third-order valence-electron chi connectivity index (χ3n) is 5.19. The van der Waals surface area contributed by atoms with Crippen LogP contribution in [0.2, 0.25) is 0 Å². The predicted molar refractivity (Wildman–Crippen MR) is 116 cm³/mol. The summed E-state index contributed by atoms with van der Waals surface area (Å²) >= 11 is 0. The molecule has 0 spiro atoms. The average Bonchev–Trinajstić information content (AvgIpc) is 3.11. The molecule has 0 fully saturated rings. The van der Waals surface area contributed by atoms with Gasteiger partial charge in [-0.25, -0.2) is 8.42 Å². The molecule has 1 amide bonds. The molecular formula is C23H23N3O3S. The van der Waals surface area contributed by atoms with Gasteiger partial charge in [0.15, 0.2) is 0 Å². The van der Waals surface area contributed by atoms with Crippen LogP contribution in [0.5, 0.6) is 0 Å². The summed E-state index contributed by atoms with van der Waals surface area (Å²) in [6.07, 6.45) is 2.98. The van der Waals surface area contributed by atoms with Crippen molar-refractivity contribution in [1.29, 1.82) is 0 Å². The van der Waals surface area contributed by atoms with Gasteiger partial charge >= 0.3 is 0 Å². The summed E-state index contributed by atoms with van der Waals surface area (Å²) < 4.78 is 28.2. The Labute approximate surface area is 176 Å². The Hall–Kier alpha value is -3.19. The number of carbonyl (C=O) groups is 1. The topological polar surface area (TPSA) is 79.4 Å². The van der Waals surface area contributed by atoms with E-state index in [1.165, 1.54) is 16.4 Å². The number of aromatic nitrogens is 1. The normalized spacial score (nSPS) is 15.6. The molecule has 2 aromatic carbocycles. The van der Waals surface area contributed by atoms with Crippen LogP contribution in [0.4, 0.5) is 5.69 Å². The van der Waals surface area contributed by atoms with Gasteiger partial charge in [-0.3, -0.25) is 14.1 Å². The molecule has 3 aromatic rings. The molecule has 1 N–H and O–H groups in total. The Balaban J connectivity index is 1.52. The number of amides is 1. The van der Waals surface area contributed by atoms with Crippen molar-refractivity contribution in [1.82, 2.24) is 10.3 Å². The molecule has 2 heterocycles. The lowest BCUT2D eigenvalue weighted by atomic mass is 10.1. The molecule has 1 aliphatic rings. The van der Waals surface area contributed by atoms with Crippen LogP contribution in [0.25, 0.3) is 0 Å². The molecule has 0 unspecified atom stereocenters. The number of sulfonamides is 1. The SMILES string of the molecule is C[C@@H]1Cc2ccccc2N1S(=O)(=O)c1cccc(C(=O)NCCc2ccccn2)c1. The predicted octanol–water partition coefficient (Wildman–Crippen LogP) is 3.19. The molecule has 0 radical (unpaired) electrons. The molecule has 6 nitrogen and oxygen atoms in total. The first kappa shape index (κ1) is 20.1. The van der Waals surface area contributed by atoms with Crippen molar-refractivity contribution in [2.45, 2.75) is 30.7 Å². The van der Waals surface area contributed by atoms with Gasteiger partial charge in [0.05, 0.1) is 10.6 Å². The molecule has 4 rings (SSSR count). The minimum atomic E-state index is -3.78. The zero-order valence-corrected chi connectivity index (χ0v) is 17.5. The van der Waals surface area contributed by atoms with Crippen molar-refractivity contribution in [2.24, 2.45) is 0 Å². The van der Waals surface area contributed by atoms with Crippen molar-refractivity contribution < 1.29 is 13.2 Å². The summed E-state index contributed by atoms with van der Waals surface area (Å²) in [6.45, 7) is 2.31. The Morgan fingerprint density at radius 2 is 1.90 bits per heavy atom. The van der Waals surface area contributed by atoms with E-state index >= 15 is 0 Å². The van der Waals surface area contributed by atoms with E-state index < -0.39 is 10.0 Å². The van der Waals surface area contributed by atoms with Crippen LogP contribution in [0.1, 0.15) is 28.5 Å². The van der Waals surface area contributed by atoms with Crippen LogP contribution in [0, 0.1) is 0 Å². The minimum absolute atomic E-state index is 0.114. The zero-order valence-electron chi connectivity index (χ0n) is 16.7. The van der Waals surface area contributed by atoms with Crippen LogP contribution in [-0.4, -0.2) is 31.9 Å². The van der Waals surface area contributed by atoms with Crippen LogP contribution in [0.15, 0.2) is 77.8 Å². The number of carbonyl (C=O) groups excluding carboxylic acids is 1. The van der Waals surface area contributed by atoms with Gasteiger partial charge in [-0.1, -0.05) is 30.3 Å². The number of hydrogen-bond donors (Lipinski definition) is 1. The summed E-state index contributed by atoms with van der Waals surface area (Å²) in [7, 11) is -3.78. The lowest BCUT2D eigenvalue weighted by Gasteiger charge is -2.24. The number of nitrogens with zero attached hydrogens (tertiary/aromatic N) is 2. The summed E-state index contributed by atoms with van der Waals surface area (Å²) in [4.78, 5) is 16.9. The monoisotopic (exact) mass is 421 g/mol. The van der Waals surface area contributed by atoms with Crippen molar-refractivity contribution in [3.63, 3.8) is 0 Å². The first-order chi connectivity index (χ1) is 14.5. The highest BCUT2D eigenvalue weighted by atomic mass is 32.2.